The summed E-state index contributed by atoms with van der Waals surface area (Å²) in [6.45, 7) is 5.99. The van der Waals surface area contributed by atoms with Gasteiger partial charge in [-0.05, 0) is 12.3 Å². The Kier molecular flexibility index (Phi) is 5.16. The maximum Gasteiger partial charge on any atom is 0.208 e. The van der Waals surface area contributed by atoms with Gasteiger partial charge in [0.05, 0.1) is 19.3 Å². The predicted octanol–water partition coefficient (Wildman–Crippen LogP) is 1.55. The normalized spacial score (nSPS) is 24.3. The SMILES string of the molecule is COCCNCc1ncc(C2CCOCC2C)o1. The second-order valence-corrected chi connectivity index (χ2v) is 4.77. The summed E-state index contributed by atoms with van der Waals surface area (Å²) in [6.07, 6.45) is 2.88. The number of hydrogen-bond acceptors (Lipinski definition) is 5. The first-order chi connectivity index (χ1) is 8.81. The summed E-state index contributed by atoms with van der Waals surface area (Å²) in [5, 5.41) is 3.22. The maximum absolute atomic E-state index is 5.80. The van der Waals surface area contributed by atoms with Crippen molar-refractivity contribution < 1.29 is 13.9 Å². The lowest BCUT2D eigenvalue weighted by molar-refractivity contribution is 0.0418. The Morgan fingerprint density at radius 2 is 2.44 bits per heavy atom. The zero-order valence-electron chi connectivity index (χ0n) is 11.1. The van der Waals surface area contributed by atoms with E-state index in [1.807, 2.05) is 6.20 Å². The van der Waals surface area contributed by atoms with Gasteiger partial charge in [-0.25, -0.2) is 4.98 Å². The summed E-state index contributed by atoms with van der Waals surface area (Å²) in [6, 6.07) is 0. The number of methoxy groups -OCH3 is 1. The van der Waals surface area contributed by atoms with Gasteiger partial charge in [0.2, 0.25) is 5.89 Å². The third-order valence-corrected chi connectivity index (χ3v) is 3.34. The first-order valence-corrected chi connectivity index (χ1v) is 6.53. The number of rotatable bonds is 6. The van der Waals surface area contributed by atoms with Crippen molar-refractivity contribution in [3.63, 3.8) is 0 Å². The third kappa shape index (κ3) is 3.54. The van der Waals surface area contributed by atoms with Crippen LogP contribution in [0.1, 0.15) is 30.9 Å². The van der Waals surface area contributed by atoms with Gasteiger partial charge in [-0.1, -0.05) is 6.92 Å². The van der Waals surface area contributed by atoms with Crippen molar-refractivity contribution in [3.8, 4) is 0 Å². The van der Waals surface area contributed by atoms with Crippen molar-refractivity contribution in [2.75, 3.05) is 33.5 Å². The quantitative estimate of drug-likeness (QED) is 0.781. The molecule has 5 nitrogen and oxygen atoms in total. The molecule has 1 N–H and O–H groups in total. The van der Waals surface area contributed by atoms with E-state index in [4.69, 9.17) is 13.9 Å². The monoisotopic (exact) mass is 254 g/mol. The summed E-state index contributed by atoms with van der Waals surface area (Å²) in [4.78, 5) is 4.31. The number of nitrogens with zero attached hydrogens (tertiary/aromatic N) is 1. The lowest BCUT2D eigenvalue weighted by Crippen LogP contribution is -2.23. The molecule has 2 heterocycles. The van der Waals surface area contributed by atoms with Crippen LogP contribution in [0.4, 0.5) is 0 Å². The van der Waals surface area contributed by atoms with E-state index in [0.717, 1.165) is 37.8 Å². The van der Waals surface area contributed by atoms with Crippen LogP contribution in [0.3, 0.4) is 0 Å². The van der Waals surface area contributed by atoms with Gasteiger partial charge in [-0.3, -0.25) is 0 Å². The van der Waals surface area contributed by atoms with Crippen LogP contribution in [0.5, 0.6) is 0 Å². The second kappa shape index (κ2) is 6.87. The minimum Gasteiger partial charge on any atom is -0.444 e. The van der Waals surface area contributed by atoms with Gasteiger partial charge < -0.3 is 19.2 Å². The number of ether oxygens (including phenoxy) is 2. The summed E-state index contributed by atoms with van der Waals surface area (Å²) < 4.78 is 16.2. The fourth-order valence-electron chi connectivity index (χ4n) is 2.25. The van der Waals surface area contributed by atoms with Gasteiger partial charge in [-0.15, -0.1) is 0 Å². The lowest BCUT2D eigenvalue weighted by atomic mass is 9.88. The number of hydrogen-bond donors (Lipinski definition) is 1. The molecule has 1 saturated heterocycles. The topological polar surface area (TPSA) is 56.5 Å². The highest BCUT2D eigenvalue weighted by molar-refractivity contribution is 5.04. The standard InChI is InChI=1S/C13H22N2O3/c1-10-9-17-5-3-11(10)12-7-15-13(18-12)8-14-4-6-16-2/h7,10-11,14H,3-6,8-9H2,1-2H3. The van der Waals surface area contributed by atoms with Gasteiger partial charge in [-0.2, -0.15) is 0 Å². The van der Waals surface area contributed by atoms with Crippen LogP contribution in [0.25, 0.3) is 0 Å². The fourth-order valence-corrected chi connectivity index (χ4v) is 2.25. The van der Waals surface area contributed by atoms with Crippen molar-refractivity contribution in [1.82, 2.24) is 10.3 Å². The molecule has 0 spiro atoms. The van der Waals surface area contributed by atoms with Crippen molar-refractivity contribution in [2.24, 2.45) is 5.92 Å². The van der Waals surface area contributed by atoms with Crippen molar-refractivity contribution in [3.05, 3.63) is 17.8 Å². The Balaban J connectivity index is 1.85. The summed E-state index contributed by atoms with van der Waals surface area (Å²) in [7, 11) is 1.69. The van der Waals surface area contributed by atoms with Crippen LogP contribution < -0.4 is 5.32 Å². The highest BCUT2D eigenvalue weighted by Crippen LogP contribution is 2.31. The zero-order chi connectivity index (χ0) is 12.8. The van der Waals surface area contributed by atoms with Crippen molar-refractivity contribution >= 4 is 0 Å². The first kappa shape index (κ1) is 13.5. The molecule has 0 saturated carbocycles. The van der Waals surface area contributed by atoms with E-state index in [2.05, 4.69) is 17.2 Å². The Bertz CT molecular complexity index is 354. The molecule has 1 aliphatic rings. The van der Waals surface area contributed by atoms with Crippen molar-refractivity contribution in [1.29, 1.82) is 0 Å². The van der Waals surface area contributed by atoms with Crippen molar-refractivity contribution in [2.45, 2.75) is 25.8 Å². The molecule has 2 atom stereocenters. The third-order valence-electron chi connectivity index (χ3n) is 3.34. The molecule has 1 fully saturated rings. The Hall–Kier alpha value is -0.910. The summed E-state index contributed by atoms with van der Waals surface area (Å²) >= 11 is 0. The Labute approximate surface area is 108 Å². The summed E-state index contributed by atoms with van der Waals surface area (Å²) in [5.74, 6) is 2.69. The molecule has 1 aromatic rings. The largest absolute Gasteiger partial charge is 0.444 e. The van der Waals surface area contributed by atoms with E-state index in [-0.39, 0.29) is 0 Å². The van der Waals surface area contributed by atoms with E-state index >= 15 is 0 Å². The highest BCUT2D eigenvalue weighted by Gasteiger charge is 2.26. The molecule has 102 valence electrons. The molecule has 5 heteroatoms. The molecule has 0 amide bonds. The van der Waals surface area contributed by atoms with Gasteiger partial charge in [0.15, 0.2) is 0 Å². The van der Waals surface area contributed by atoms with E-state index in [0.29, 0.717) is 25.0 Å². The first-order valence-electron chi connectivity index (χ1n) is 6.53. The molecule has 0 radical (unpaired) electrons. The van der Waals surface area contributed by atoms with Gasteiger partial charge in [0.25, 0.3) is 0 Å². The maximum atomic E-state index is 5.80. The smallest absolute Gasteiger partial charge is 0.208 e. The fraction of sp³-hybridized carbons (Fsp3) is 0.769. The van der Waals surface area contributed by atoms with E-state index in [9.17, 15) is 0 Å². The molecule has 0 aliphatic carbocycles. The number of oxazole rings is 1. The van der Waals surface area contributed by atoms with Gasteiger partial charge in [0, 0.05) is 32.8 Å². The Morgan fingerprint density at radius 3 is 3.22 bits per heavy atom. The van der Waals surface area contributed by atoms with E-state index in [1.54, 1.807) is 7.11 Å². The predicted molar refractivity (Wildman–Crippen MR) is 67.4 cm³/mol. The molecule has 2 unspecified atom stereocenters. The molecule has 1 aliphatic heterocycles. The molecule has 2 rings (SSSR count). The van der Waals surface area contributed by atoms with E-state index in [1.165, 1.54) is 0 Å². The van der Waals surface area contributed by atoms with Crippen LogP contribution in [-0.4, -0.2) is 38.5 Å². The van der Waals surface area contributed by atoms with Crippen LogP contribution in [0.2, 0.25) is 0 Å². The second-order valence-electron chi connectivity index (χ2n) is 4.77. The van der Waals surface area contributed by atoms with Crippen LogP contribution in [-0.2, 0) is 16.0 Å². The van der Waals surface area contributed by atoms with Gasteiger partial charge >= 0.3 is 0 Å². The average molecular weight is 254 g/mol. The molecule has 0 bridgehead atoms. The minimum atomic E-state index is 0.443. The highest BCUT2D eigenvalue weighted by atomic mass is 16.5. The van der Waals surface area contributed by atoms with Crippen LogP contribution in [0, 0.1) is 5.92 Å². The molecule has 18 heavy (non-hydrogen) atoms. The number of nitrogens with one attached hydrogen (secondary N) is 1. The van der Waals surface area contributed by atoms with Crippen LogP contribution >= 0.6 is 0 Å². The molecular formula is C13H22N2O3. The summed E-state index contributed by atoms with van der Waals surface area (Å²) in [5.41, 5.74) is 0. The molecule has 1 aromatic heterocycles. The minimum absolute atomic E-state index is 0.443. The number of aromatic nitrogens is 1. The Morgan fingerprint density at radius 1 is 1.56 bits per heavy atom. The molecule has 0 aromatic carbocycles. The average Bonchev–Trinajstić information content (AvgIpc) is 2.84. The lowest BCUT2D eigenvalue weighted by Gasteiger charge is -2.26. The van der Waals surface area contributed by atoms with E-state index < -0.39 is 0 Å². The zero-order valence-corrected chi connectivity index (χ0v) is 11.1. The molecular weight excluding hydrogens is 232 g/mol. The van der Waals surface area contributed by atoms with Crippen LogP contribution in [0.15, 0.2) is 10.6 Å². The van der Waals surface area contributed by atoms with Gasteiger partial charge in [0.1, 0.15) is 5.76 Å².